The van der Waals surface area contributed by atoms with Crippen LogP contribution in [0.2, 0.25) is 5.02 Å². The Balaban J connectivity index is 1.92. The second kappa shape index (κ2) is 5.49. The predicted octanol–water partition coefficient (Wildman–Crippen LogP) is 3.42. The molecule has 1 aliphatic carbocycles. The van der Waals surface area contributed by atoms with E-state index in [0.717, 1.165) is 17.9 Å². The molecule has 2 aromatic heterocycles. The summed E-state index contributed by atoms with van der Waals surface area (Å²) in [5.74, 6) is 0.873. The summed E-state index contributed by atoms with van der Waals surface area (Å²) in [5.41, 5.74) is 7.99. The first kappa shape index (κ1) is 12.9. The normalized spacial score (nSPS) is 14.6. The minimum Gasteiger partial charge on any atom is -0.348 e. The van der Waals surface area contributed by atoms with Crippen molar-refractivity contribution in [3.63, 3.8) is 0 Å². The summed E-state index contributed by atoms with van der Waals surface area (Å²) in [5, 5.41) is 4.98. The summed E-state index contributed by atoms with van der Waals surface area (Å²) >= 11 is 8.15. The maximum atomic E-state index is 6.43. The van der Waals surface area contributed by atoms with E-state index in [0.29, 0.717) is 17.6 Å². The minimum atomic E-state index is 0.450. The molecule has 1 saturated carbocycles. The number of nitrogens with zero attached hydrogens (tertiary/aromatic N) is 2. The van der Waals surface area contributed by atoms with Crippen LogP contribution >= 0.6 is 22.9 Å². The minimum absolute atomic E-state index is 0.450. The third kappa shape index (κ3) is 2.76. The number of halogens is 1. The molecule has 100 valence electrons. The molecule has 19 heavy (non-hydrogen) atoms. The molecule has 0 spiro atoms. The van der Waals surface area contributed by atoms with Crippen LogP contribution in [-0.2, 0) is 13.1 Å². The van der Waals surface area contributed by atoms with Crippen LogP contribution in [0.5, 0.6) is 0 Å². The van der Waals surface area contributed by atoms with Gasteiger partial charge in [0.15, 0.2) is 0 Å². The van der Waals surface area contributed by atoms with Gasteiger partial charge in [-0.05, 0) is 46.9 Å². The number of aromatic nitrogens is 1. The molecule has 0 aliphatic heterocycles. The van der Waals surface area contributed by atoms with Crippen molar-refractivity contribution in [2.24, 2.45) is 5.73 Å². The summed E-state index contributed by atoms with van der Waals surface area (Å²) in [6.45, 7) is 1.32. The lowest BCUT2D eigenvalue weighted by Crippen LogP contribution is -2.26. The van der Waals surface area contributed by atoms with E-state index in [1.165, 1.54) is 18.4 Å². The Kier molecular flexibility index (Phi) is 3.73. The highest BCUT2D eigenvalue weighted by atomic mass is 35.5. The van der Waals surface area contributed by atoms with Crippen molar-refractivity contribution < 1.29 is 0 Å². The van der Waals surface area contributed by atoms with Crippen molar-refractivity contribution in [1.29, 1.82) is 0 Å². The van der Waals surface area contributed by atoms with E-state index in [-0.39, 0.29) is 0 Å². The van der Waals surface area contributed by atoms with Gasteiger partial charge in [-0.2, -0.15) is 11.3 Å². The Morgan fingerprint density at radius 2 is 2.26 bits per heavy atom. The summed E-state index contributed by atoms with van der Waals surface area (Å²) in [6.07, 6.45) is 4.23. The molecule has 0 saturated heterocycles. The van der Waals surface area contributed by atoms with Crippen LogP contribution in [0.15, 0.2) is 29.1 Å². The average Bonchev–Trinajstić information content (AvgIpc) is 3.14. The third-order valence-corrected chi connectivity index (χ3v) is 4.51. The van der Waals surface area contributed by atoms with Crippen LogP contribution in [0.3, 0.4) is 0 Å². The van der Waals surface area contributed by atoms with Crippen LogP contribution in [0, 0.1) is 0 Å². The molecule has 3 nitrogen and oxygen atoms in total. The number of nitrogens with two attached hydrogens (primary N) is 1. The van der Waals surface area contributed by atoms with Gasteiger partial charge < -0.3 is 10.6 Å². The van der Waals surface area contributed by atoms with Gasteiger partial charge in [-0.3, -0.25) is 0 Å². The summed E-state index contributed by atoms with van der Waals surface area (Å²) < 4.78 is 0. The Labute approximate surface area is 122 Å². The van der Waals surface area contributed by atoms with Gasteiger partial charge in [0.2, 0.25) is 0 Å². The standard InChI is InChI=1S/C14H16ClN3S/c15-13-11(7-16)3-5-17-14(13)18(12-1-2-12)8-10-4-6-19-9-10/h3-6,9,12H,1-2,7-8,16H2. The maximum absolute atomic E-state index is 6.43. The molecular formula is C14H16ClN3S. The molecule has 2 heterocycles. The van der Waals surface area contributed by atoms with Crippen LogP contribution in [0.25, 0.3) is 0 Å². The molecule has 2 aromatic rings. The zero-order valence-electron chi connectivity index (χ0n) is 10.6. The third-order valence-electron chi connectivity index (χ3n) is 3.36. The van der Waals surface area contributed by atoms with Crippen molar-refractivity contribution in [2.75, 3.05) is 4.90 Å². The average molecular weight is 294 g/mol. The largest absolute Gasteiger partial charge is 0.348 e. The second-order valence-electron chi connectivity index (χ2n) is 4.80. The number of hydrogen-bond donors (Lipinski definition) is 1. The van der Waals surface area contributed by atoms with Crippen LogP contribution in [0.4, 0.5) is 5.82 Å². The van der Waals surface area contributed by atoms with E-state index < -0.39 is 0 Å². The van der Waals surface area contributed by atoms with E-state index in [4.69, 9.17) is 17.3 Å². The molecule has 0 unspecified atom stereocenters. The van der Waals surface area contributed by atoms with Gasteiger partial charge in [0.25, 0.3) is 0 Å². The van der Waals surface area contributed by atoms with Crippen LogP contribution in [-0.4, -0.2) is 11.0 Å². The zero-order valence-corrected chi connectivity index (χ0v) is 12.1. The molecule has 1 fully saturated rings. The fourth-order valence-electron chi connectivity index (χ4n) is 2.17. The summed E-state index contributed by atoms with van der Waals surface area (Å²) in [7, 11) is 0. The van der Waals surface area contributed by atoms with Crippen molar-refractivity contribution in [1.82, 2.24) is 4.98 Å². The molecule has 0 aromatic carbocycles. The van der Waals surface area contributed by atoms with Gasteiger partial charge in [-0.25, -0.2) is 4.98 Å². The molecule has 0 radical (unpaired) electrons. The van der Waals surface area contributed by atoms with Crippen molar-refractivity contribution in [3.05, 3.63) is 45.2 Å². The lowest BCUT2D eigenvalue weighted by Gasteiger charge is -2.24. The van der Waals surface area contributed by atoms with E-state index in [1.54, 1.807) is 17.5 Å². The monoisotopic (exact) mass is 293 g/mol. The topological polar surface area (TPSA) is 42.1 Å². The Morgan fingerprint density at radius 1 is 1.42 bits per heavy atom. The fraction of sp³-hybridized carbons (Fsp3) is 0.357. The molecule has 0 amide bonds. The quantitative estimate of drug-likeness (QED) is 0.918. The highest BCUT2D eigenvalue weighted by Crippen LogP contribution is 2.36. The first-order chi connectivity index (χ1) is 9.29. The van der Waals surface area contributed by atoms with Gasteiger partial charge in [0, 0.05) is 25.3 Å². The number of thiophene rings is 1. The molecular weight excluding hydrogens is 278 g/mol. The Hall–Kier alpha value is -1.10. The van der Waals surface area contributed by atoms with Crippen LogP contribution < -0.4 is 10.6 Å². The molecule has 2 N–H and O–H groups in total. The van der Waals surface area contributed by atoms with Gasteiger partial charge in [0.05, 0.1) is 5.02 Å². The lowest BCUT2D eigenvalue weighted by atomic mass is 10.2. The second-order valence-corrected chi connectivity index (χ2v) is 5.96. The fourth-order valence-corrected chi connectivity index (χ4v) is 3.13. The molecule has 1 aliphatic rings. The van der Waals surface area contributed by atoms with E-state index >= 15 is 0 Å². The van der Waals surface area contributed by atoms with Gasteiger partial charge in [-0.15, -0.1) is 0 Å². The van der Waals surface area contributed by atoms with Crippen molar-refractivity contribution >= 4 is 28.8 Å². The highest BCUT2D eigenvalue weighted by molar-refractivity contribution is 7.07. The smallest absolute Gasteiger partial charge is 0.148 e. The highest BCUT2D eigenvalue weighted by Gasteiger charge is 2.31. The molecule has 0 bridgehead atoms. The van der Waals surface area contributed by atoms with Crippen molar-refractivity contribution in [3.8, 4) is 0 Å². The first-order valence-electron chi connectivity index (χ1n) is 6.40. The van der Waals surface area contributed by atoms with Gasteiger partial charge in [-0.1, -0.05) is 11.6 Å². The van der Waals surface area contributed by atoms with E-state index in [9.17, 15) is 0 Å². The zero-order chi connectivity index (χ0) is 13.2. The molecule has 5 heteroatoms. The molecule has 0 atom stereocenters. The van der Waals surface area contributed by atoms with Crippen LogP contribution in [0.1, 0.15) is 24.0 Å². The van der Waals surface area contributed by atoms with E-state index in [2.05, 4.69) is 26.7 Å². The Morgan fingerprint density at radius 3 is 2.89 bits per heavy atom. The number of pyridine rings is 1. The summed E-state index contributed by atoms with van der Waals surface area (Å²) in [6, 6.07) is 4.61. The number of anilines is 1. The van der Waals surface area contributed by atoms with Gasteiger partial charge in [0.1, 0.15) is 5.82 Å². The first-order valence-corrected chi connectivity index (χ1v) is 7.73. The predicted molar refractivity (Wildman–Crippen MR) is 80.7 cm³/mol. The van der Waals surface area contributed by atoms with Gasteiger partial charge >= 0.3 is 0 Å². The number of rotatable bonds is 5. The van der Waals surface area contributed by atoms with Crippen molar-refractivity contribution in [2.45, 2.75) is 32.0 Å². The summed E-state index contributed by atoms with van der Waals surface area (Å²) in [4.78, 5) is 6.78. The molecule has 3 rings (SSSR count). The maximum Gasteiger partial charge on any atom is 0.148 e. The lowest BCUT2D eigenvalue weighted by molar-refractivity contribution is 0.778. The SMILES string of the molecule is NCc1ccnc(N(Cc2ccsc2)C2CC2)c1Cl. The Bertz CT molecular complexity index is 552. The number of hydrogen-bond acceptors (Lipinski definition) is 4. The van der Waals surface area contributed by atoms with E-state index in [1.807, 2.05) is 6.07 Å².